The number of aliphatic carboxylic acids is 1. The van der Waals surface area contributed by atoms with E-state index in [0.29, 0.717) is 25.7 Å². The Bertz CT molecular complexity index is 476. The van der Waals surface area contributed by atoms with Gasteiger partial charge in [-0.15, -0.1) is 0 Å². The summed E-state index contributed by atoms with van der Waals surface area (Å²) in [6, 6.07) is 0. The molecule has 2 aliphatic carbocycles. The van der Waals surface area contributed by atoms with Gasteiger partial charge in [0.1, 0.15) is 5.41 Å². The average Bonchev–Trinajstić information content (AvgIpc) is 3.10. The highest BCUT2D eigenvalue weighted by molar-refractivity contribution is 6.02. The number of carboxylic acid groups (broad SMARTS) is 1. The van der Waals surface area contributed by atoms with Gasteiger partial charge in [-0.2, -0.15) is 0 Å². The molecule has 2 saturated carbocycles. The van der Waals surface area contributed by atoms with E-state index in [-0.39, 0.29) is 25.4 Å². The van der Waals surface area contributed by atoms with E-state index in [9.17, 15) is 23.5 Å². The van der Waals surface area contributed by atoms with Crippen molar-refractivity contribution in [2.75, 3.05) is 13.1 Å². The number of amides is 1. The van der Waals surface area contributed by atoms with Crippen LogP contribution in [0.3, 0.4) is 0 Å². The van der Waals surface area contributed by atoms with Crippen molar-refractivity contribution in [1.29, 1.82) is 0 Å². The molecule has 0 aromatic rings. The third-order valence-electron chi connectivity index (χ3n) is 5.99. The monoisotopic (exact) mass is 315 g/mol. The molecule has 22 heavy (non-hydrogen) atoms. The van der Waals surface area contributed by atoms with Crippen LogP contribution in [-0.2, 0) is 9.59 Å². The van der Waals surface area contributed by atoms with Crippen LogP contribution in [0, 0.1) is 10.8 Å². The summed E-state index contributed by atoms with van der Waals surface area (Å²) in [6.45, 7) is 0.535. The maximum atomic E-state index is 13.4. The van der Waals surface area contributed by atoms with E-state index in [2.05, 4.69) is 0 Å². The quantitative estimate of drug-likeness (QED) is 0.629. The van der Waals surface area contributed by atoms with Crippen molar-refractivity contribution in [2.24, 2.45) is 10.8 Å². The minimum Gasteiger partial charge on any atom is -0.480 e. The molecule has 0 atom stereocenters. The molecule has 1 amide bonds. The van der Waals surface area contributed by atoms with Crippen molar-refractivity contribution in [2.45, 2.75) is 63.7 Å². The molecule has 3 aliphatic rings. The van der Waals surface area contributed by atoms with Crippen LogP contribution in [0.5, 0.6) is 0 Å². The lowest BCUT2D eigenvalue weighted by atomic mass is 9.78. The molecule has 1 heterocycles. The van der Waals surface area contributed by atoms with Crippen LogP contribution in [0.15, 0.2) is 0 Å². The van der Waals surface area contributed by atoms with E-state index in [1.807, 2.05) is 0 Å². The third kappa shape index (κ3) is 2.31. The van der Waals surface area contributed by atoms with Crippen LogP contribution in [0.1, 0.15) is 57.8 Å². The predicted octanol–water partition coefficient (Wildman–Crippen LogP) is 3.06. The van der Waals surface area contributed by atoms with Gasteiger partial charge in [-0.25, -0.2) is 8.78 Å². The number of hydrogen-bond acceptors (Lipinski definition) is 2. The van der Waals surface area contributed by atoms with Crippen LogP contribution in [-0.4, -0.2) is 40.9 Å². The van der Waals surface area contributed by atoms with Crippen molar-refractivity contribution in [3.05, 3.63) is 0 Å². The molecule has 1 N–H and O–H groups in total. The van der Waals surface area contributed by atoms with Gasteiger partial charge in [0.05, 0.1) is 0 Å². The smallest absolute Gasteiger partial charge is 0.319 e. The maximum absolute atomic E-state index is 13.4. The molecule has 1 aliphatic heterocycles. The molecule has 0 radical (unpaired) electrons. The second kappa shape index (κ2) is 5.17. The summed E-state index contributed by atoms with van der Waals surface area (Å²) in [6.07, 6.45) is 4.66. The lowest BCUT2D eigenvalue weighted by Crippen LogP contribution is -2.51. The number of likely N-dealkylation sites (tertiary alicyclic amines) is 1. The Labute approximate surface area is 128 Å². The maximum Gasteiger partial charge on any atom is 0.319 e. The minimum absolute atomic E-state index is 0.0773. The zero-order valence-corrected chi connectivity index (χ0v) is 12.7. The van der Waals surface area contributed by atoms with Gasteiger partial charge in [0, 0.05) is 24.9 Å². The van der Waals surface area contributed by atoms with E-state index in [1.165, 1.54) is 4.90 Å². The first-order chi connectivity index (χ1) is 10.3. The van der Waals surface area contributed by atoms with E-state index in [4.69, 9.17) is 0 Å². The Balaban J connectivity index is 1.71. The Kier molecular flexibility index (Phi) is 3.68. The number of alkyl halides is 2. The molecule has 6 heteroatoms. The number of piperidine rings is 1. The number of nitrogens with zero attached hydrogens (tertiary/aromatic N) is 1. The lowest BCUT2D eigenvalue weighted by molar-refractivity contribution is -0.163. The number of rotatable bonds is 2. The van der Waals surface area contributed by atoms with Gasteiger partial charge >= 0.3 is 5.97 Å². The van der Waals surface area contributed by atoms with Crippen LogP contribution in [0.2, 0.25) is 0 Å². The highest BCUT2D eigenvalue weighted by atomic mass is 19.3. The summed E-state index contributed by atoms with van der Waals surface area (Å²) >= 11 is 0. The van der Waals surface area contributed by atoms with E-state index < -0.39 is 22.7 Å². The molecule has 1 spiro atoms. The second-order valence-electron chi connectivity index (χ2n) is 7.26. The molecular formula is C16H23F2NO3. The summed E-state index contributed by atoms with van der Waals surface area (Å²) in [5.41, 5.74) is -2.24. The Morgan fingerprint density at radius 3 is 1.82 bits per heavy atom. The zero-order chi connectivity index (χ0) is 16.0. The molecule has 3 rings (SSSR count). The average molecular weight is 315 g/mol. The Hall–Kier alpha value is -1.20. The summed E-state index contributed by atoms with van der Waals surface area (Å²) in [4.78, 5) is 26.1. The van der Waals surface area contributed by atoms with Gasteiger partial charge in [0.25, 0.3) is 5.92 Å². The normalized spacial score (nSPS) is 28.9. The molecule has 0 unspecified atom stereocenters. The SMILES string of the molecule is O=C(O)C1(C(=O)N2CCC3(CC2)CC3(F)F)CCCCCC1. The van der Waals surface area contributed by atoms with Gasteiger partial charge in [0.15, 0.2) is 0 Å². The van der Waals surface area contributed by atoms with E-state index in [0.717, 1.165) is 25.7 Å². The van der Waals surface area contributed by atoms with Crippen LogP contribution in [0.4, 0.5) is 8.78 Å². The van der Waals surface area contributed by atoms with E-state index in [1.54, 1.807) is 0 Å². The van der Waals surface area contributed by atoms with Crippen molar-refractivity contribution in [3.63, 3.8) is 0 Å². The van der Waals surface area contributed by atoms with Gasteiger partial charge < -0.3 is 10.0 Å². The Morgan fingerprint density at radius 2 is 1.41 bits per heavy atom. The summed E-state index contributed by atoms with van der Waals surface area (Å²) < 4.78 is 26.8. The number of halogens is 2. The van der Waals surface area contributed by atoms with E-state index >= 15 is 0 Å². The summed E-state index contributed by atoms with van der Waals surface area (Å²) in [7, 11) is 0. The highest BCUT2D eigenvalue weighted by Gasteiger charge is 2.71. The molecule has 124 valence electrons. The largest absolute Gasteiger partial charge is 0.480 e. The second-order valence-corrected chi connectivity index (χ2v) is 7.26. The van der Waals surface area contributed by atoms with Gasteiger partial charge in [-0.1, -0.05) is 25.7 Å². The van der Waals surface area contributed by atoms with Crippen LogP contribution >= 0.6 is 0 Å². The third-order valence-corrected chi connectivity index (χ3v) is 5.99. The summed E-state index contributed by atoms with van der Waals surface area (Å²) in [5.74, 6) is -3.98. The molecule has 0 bridgehead atoms. The van der Waals surface area contributed by atoms with Gasteiger partial charge in [0.2, 0.25) is 5.91 Å². The highest BCUT2D eigenvalue weighted by Crippen LogP contribution is 2.66. The predicted molar refractivity (Wildman–Crippen MR) is 75.6 cm³/mol. The fourth-order valence-electron chi connectivity index (χ4n) is 4.22. The van der Waals surface area contributed by atoms with Crippen molar-refractivity contribution >= 4 is 11.9 Å². The van der Waals surface area contributed by atoms with Crippen molar-refractivity contribution in [1.82, 2.24) is 4.90 Å². The number of hydrogen-bond donors (Lipinski definition) is 1. The first-order valence-corrected chi connectivity index (χ1v) is 8.24. The van der Waals surface area contributed by atoms with Crippen molar-refractivity contribution in [3.8, 4) is 0 Å². The molecule has 0 aromatic carbocycles. The Morgan fingerprint density at radius 1 is 0.909 bits per heavy atom. The van der Waals surface area contributed by atoms with Crippen molar-refractivity contribution < 1.29 is 23.5 Å². The van der Waals surface area contributed by atoms with Crippen LogP contribution in [0.25, 0.3) is 0 Å². The number of carbonyl (C=O) groups is 2. The molecular weight excluding hydrogens is 292 g/mol. The number of carbonyl (C=O) groups excluding carboxylic acids is 1. The first kappa shape index (κ1) is 15.7. The molecule has 4 nitrogen and oxygen atoms in total. The first-order valence-electron chi connectivity index (χ1n) is 8.24. The van der Waals surface area contributed by atoms with Crippen LogP contribution < -0.4 is 0 Å². The minimum atomic E-state index is -2.59. The standard InChI is InChI=1S/C16H23F2NO3/c17-16(18)11-14(16)7-9-19(10-8-14)12(20)15(13(21)22)5-3-1-2-4-6-15/h1-11H2,(H,21,22). The zero-order valence-electron chi connectivity index (χ0n) is 12.7. The number of carboxylic acids is 1. The van der Waals surface area contributed by atoms with Gasteiger partial charge in [-0.3, -0.25) is 9.59 Å². The lowest BCUT2D eigenvalue weighted by Gasteiger charge is -2.38. The molecule has 1 saturated heterocycles. The fourth-order valence-corrected chi connectivity index (χ4v) is 4.22. The van der Waals surface area contributed by atoms with Gasteiger partial charge in [-0.05, 0) is 25.7 Å². The molecule has 0 aromatic heterocycles. The molecule has 3 fully saturated rings. The fraction of sp³-hybridized carbons (Fsp3) is 0.875. The summed E-state index contributed by atoms with van der Waals surface area (Å²) in [5, 5.41) is 9.65. The topological polar surface area (TPSA) is 57.6 Å².